The number of hydrogen-bond acceptors (Lipinski definition) is 6. The number of halogens is 4. The van der Waals surface area contributed by atoms with E-state index in [0.29, 0.717) is 22.4 Å². The van der Waals surface area contributed by atoms with Crippen LogP contribution in [0.2, 0.25) is 5.02 Å². The van der Waals surface area contributed by atoms with E-state index in [-0.39, 0.29) is 29.3 Å². The highest BCUT2D eigenvalue weighted by molar-refractivity contribution is 6.33. The molecule has 2 N–H and O–H groups in total. The zero-order valence-corrected chi connectivity index (χ0v) is 21.6. The van der Waals surface area contributed by atoms with Gasteiger partial charge in [0.2, 0.25) is 5.91 Å². The van der Waals surface area contributed by atoms with Crippen LogP contribution in [0.1, 0.15) is 46.1 Å². The first-order chi connectivity index (χ1) is 17.3. The summed E-state index contributed by atoms with van der Waals surface area (Å²) in [5, 5.41) is 12.7. The molecule has 3 aromatic rings. The summed E-state index contributed by atoms with van der Waals surface area (Å²) in [6.07, 6.45) is -2.69. The molecule has 0 aliphatic carbocycles. The number of aromatic hydroxyl groups is 1. The maximum atomic E-state index is 13.1. The molecule has 7 nitrogen and oxygen atoms in total. The van der Waals surface area contributed by atoms with E-state index in [9.17, 15) is 23.1 Å². The van der Waals surface area contributed by atoms with Gasteiger partial charge in [0.05, 0.1) is 11.1 Å². The molecular formula is C26H28ClF3N4O3. The molecule has 0 spiro atoms. The molecule has 3 rings (SSSR count). The third-order valence-electron chi connectivity index (χ3n) is 5.77. The molecule has 0 saturated heterocycles. The van der Waals surface area contributed by atoms with Gasteiger partial charge in [0.25, 0.3) is 0 Å². The van der Waals surface area contributed by atoms with E-state index in [0.717, 1.165) is 26.7 Å². The minimum absolute atomic E-state index is 0.0631. The lowest BCUT2D eigenvalue weighted by Crippen LogP contribution is -2.46. The van der Waals surface area contributed by atoms with Gasteiger partial charge in [-0.15, -0.1) is 0 Å². The molecule has 1 heterocycles. The zero-order chi connectivity index (χ0) is 27.4. The minimum atomic E-state index is -4.70. The summed E-state index contributed by atoms with van der Waals surface area (Å²) in [5.41, 5.74) is -1.17. The molecule has 2 aromatic carbocycles. The molecule has 0 fully saturated rings. The molecule has 0 bridgehead atoms. The summed E-state index contributed by atoms with van der Waals surface area (Å²) in [6.45, 7) is 5.53. The maximum Gasteiger partial charge on any atom is 0.402 e. The van der Waals surface area contributed by atoms with Crippen LogP contribution in [0.5, 0.6) is 11.8 Å². The monoisotopic (exact) mass is 536 g/mol. The van der Waals surface area contributed by atoms with Gasteiger partial charge in [-0.05, 0) is 69.2 Å². The Morgan fingerprint density at radius 2 is 1.73 bits per heavy atom. The van der Waals surface area contributed by atoms with Crippen molar-refractivity contribution in [3.63, 3.8) is 0 Å². The van der Waals surface area contributed by atoms with Gasteiger partial charge in [0, 0.05) is 17.7 Å². The molecule has 0 saturated carbocycles. The summed E-state index contributed by atoms with van der Waals surface area (Å²) < 4.78 is 45.3. The van der Waals surface area contributed by atoms with Crippen LogP contribution in [0.3, 0.4) is 0 Å². The highest BCUT2D eigenvalue weighted by atomic mass is 35.5. The summed E-state index contributed by atoms with van der Waals surface area (Å²) >= 11 is 6.34. The predicted octanol–water partition coefficient (Wildman–Crippen LogP) is 6.34. The van der Waals surface area contributed by atoms with Crippen molar-refractivity contribution in [1.29, 1.82) is 0 Å². The van der Waals surface area contributed by atoms with Gasteiger partial charge in [-0.1, -0.05) is 31.0 Å². The summed E-state index contributed by atoms with van der Waals surface area (Å²) in [4.78, 5) is 24.5. The maximum absolute atomic E-state index is 13.1. The molecule has 1 atom stereocenters. The summed E-state index contributed by atoms with van der Waals surface area (Å²) in [6, 6.07) is 11.1. The Morgan fingerprint density at radius 3 is 2.35 bits per heavy atom. The fourth-order valence-corrected chi connectivity index (χ4v) is 3.58. The second-order valence-electron chi connectivity index (χ2n) is 9.14. The van der Waals surface area contributed by atoms with Crippen LogP contribution in [0.25, 0.3) is 22.8 Å². The number of hydrogen-bond donors (Lipinski definition) is 2. The first-order valence-electron chi connectivity index (χ1n) is 11.7. The van der Waals surface area contributed by atoms with E-state index in [4.69, 9.17) is 16.3 Å². The van der Waals surface area contributed by atoms with Gasteiger partial charge in [-0.25, -0.2) is 4.98 Å². The van der Waals surface area contributed by atoms with Gasteiger partial charge < -0.3 is 15.2 Å². The SMILES string of the molecule is CCC[C@H](C)Oc1ccc(-c2nc(O)nc(-c3cc(CNC(=O)C(C)(C)C(F)(F)F)ccc3Cl)n2)cc1. The summed E-state index contributed by atoms with van der Waals surface area (Å²) in [7, 11) is 0. The fraction of sp³-hybridized carbons (Fsp3) is 0.385. The Kier molecular flexibility index (Phi) is 8.63. The normalized spacial score (nSPS) is 12.8. The average Bonchev–Trinajstić information content (AvgIpc) is 2.82. The topological polar surface area (TPSA) is 97.2 Å². The fourth-order valence-electron chi connectivity index (χ4n) is 3.38. The van der Waals surface area contributed by atoms with Crippen molar-refractivity contribution in [3.05, 3.63) is 53.1 Å². The Morgan fingerprint density at radius 1 is 1.08 bits per heavy atom. The standard InChI is InChI=1S/C26H28ClF3N4O3/c1-5-6-15(2)37-18-10-8-17(9-11-18)21-32-22(34-24(36)33-21)19-13-16(7-12-20(19)27)14-31-23(35)25(3,4)26(28,29)30/h7-13,15H,5-6,14H2,1-4H3,(H,31,35)(H,32,33,34,36)/t15-/m0/s1. The molecule has 198 valence electrons. The predicted molar refractivity (Wildman–Crippen MR) is 134 cm³/mol. The van der Waals surface area contributed by atoms with E-state index < -0.39 is 23.5 Å². The molecule has 11 heteroatoms. The number of amides is 1. The molecule has 1 amide bonds. The molecule has 0 radical (unpaired) electrons. The number of nitrogens with one attached hydrogen (secondary N) is 1. The van der Waals surface area contributed by atoms with Gasteiger partial charge in [0.1, 0.15) is 11.2 Å². The number of rotatable bonds is 9. The number of nitrogens with zero attached hydrogens (tertiary/aromatic N) is 3. The smallest absolute Gasteiger partial charge is 0.402 e. The highest BCUT2D eigenvalue weighted by Gasteiger charge is 2.52. The van der Waals surface area contributed by atoms with E-state index in [1.165, 1.54) is 12.1 Å². The molecule has 37 heavy (non-hydrogen) atoms. The van der Waals surface area contributed by atoms with E-state index in [2.05, 4.69) is 27.2 Å². The Labute approximate surface area is 218 Å². The molecule has 0 aliphatic heterocycles. The van der Waals surface area contributed by atoms with Crippen LogP contribution in [-0.4, -0.2) is 38.2 Å². The van der Waals surface area contributed by atoms with Gasteiger partial charge in [-0.2, -0.15) is 23.1 Å². The van der Waals surface area contributed by atoms with Crippen LogP contribution in [0.15, 0.2) is 42.5 Å². The number of carbonyl (C=O) groups excluding carboxylic acids is 1. The molecule has 1 aromatic heterocycles. The minimum Gasteiger partial charge on any atom is -0.491 e. The average molecular weight is 537 g/mol. The van der Waals surface area contributed by atoms with Crippen LogP contribution in [0.4, 0.5) is 13.2 Å². The quantitative estimate of drug-likeness (QED) is 0.331. The highest BCUT2D eigenvalue weighted by Crippen LogP contribution is 2.37. The largest absolute Gasteiger partial charge is 0.491 e. The lowest BCUT2D eigenvalue weighted by molar-refractivity contribution is -0.211. The number of carbonyl (C=O) groups is 1. The first kappa shape index (κ1) is 28.2. The number of ether oxygens (including phenoxy) is 1. The van der Waals surface area contributed by atoms with Crippen molar-refractivity contribution < 1.29 is 27.8 Å². The van der Waals surface area contributed by atoms with Crippen LogP contribution < -0.4 is 10.1 Å². The van der Waals surface area contributed by atoms with Gasteiger partial charge in [-0.3, -0.25) is 4.79 Å². The van der Waals surface area contributed by atoms with E-state index in [1.807, 2.05) is 6.92 Å². The van der Waals surface area contributed by atoms with Crippen molar-refractivity contribution in [2.75, 3.05) is 0 Å². The van der Waals surface area contributed by atoms with Gasteiger partial charge >= 0.3 is 12.2 Å². The second-order valence-corrected chi connectivity index (χ2v) is 9.55. The van der Waals surface area contributed by atoms with Crippen LogP contribution >= 0.6 is 11.6 Å². The number of alkyl halides is 3. The summed E-state index contributed by atoms with van der Waals surface area (Å²) in [5.74, 6) is -0.214. The lowest BCUT2D eigenvalue weighted by atomic mass is 9.91. The first-order valence-corrected chi connectivity index (χ1v) is 12.1. The van der Waals surface area contributed by atoms with E-state index >= 15 is 0 Å². The second kappa shape index (κ2) is 11.3. The third-order valence-corrected chi connectivity index (χ3v) is 6.10. The van der Waals surface area contributed by atoms with Crippen molar-refractivity contribution in [3.8, 4) is 34.5 Å². The molecular weight excluding hydrogens is 509 g/mol. The van der Waals surface area contributed by atoms with Gasteiger partial charge in [0.15, 0.2) is 11.6 Å². The molecule has 0 aliphatic rings. The Bertz CT molecular complexity index is 1250. The number of aromatic nitrogens is 3. The zero-order valence-electron chi connectivity index (χ0n) is 20.9. The van der Waals surface area contributed by atoms with Crippen LogP contribution in [-0.2, 0) is 11.3 Å². The van der Waals surface area contributed by atoms with Crippen LogP contribution in [0, 0.1) is 5.41 Å². The Hall–Kier alpha value is -3.40. The number of benzene rings is 2. The lowest BCUT2D eigenvalue weighted by Gasteiger charge is -2.26. The van der Waals surface area contributed by atoms with Crippen molar-refractivity contribution in [2.24, 2.45) is 5.41 Å². The molecule has 0 unspecified atom stereocenters. The van der Waals surface area contributed by atoms with Crippen molar-refractivity contribution >= 4 is 17.5 Å². The third kappa shape index (κ3) is 6.88. The Balaban J connectivity index is 1.84. The van der Waals surface area contributed by atoms with Crippen molar-refractivity contribution in [1.82, 2.24) is 20.3 Å². The van der Waals surface area contributed by atoms with Crippen molar-refractivity contribution in [2.45, 2.75) is 59.4 Å². The van der Waals surface area contributed by atoms with E-state index in [1.54, 1.807) is 30.3 Å².